The first kappa shape index (κ1) is 7.80. The van der Waals surface area contributed by atoms with Crippen molar-refractivity contribution in [1.82, 2.24) is 4.90 Å². The Balaban J connectivity index is 2.34. The van der Waals surface area contributed by atoms with Crippen LogP contribution in [0.2, 0.25) is 0 Å². The summed E-state index contributed by atoms with van der Waals surface area (Å²) in [5.74, 6) is 0. The molecule has 1 unspecified atom stereocenters. The van der Waals surface area contributed by atoms with Crippen LogP contribution >= 0.6 is 0 Å². The molecule has 0 amide bonds. The van der Waals surface area contributed by atoms with Crippen LogP contribution in [0.4, 0.5) is 0 Å². The summed E-state index contributed by atoms with van der Waals surface area (Å²) in [5, 5.41) is 0. The van der Waals surface area contributed by atoms with E-state index in [0.717, 1.165) is 6.04 Å². The molecule has 58 valence electrons. The van der Waals surface area contributed by atoms with Gasteiger partial charge in [0.05, 0.1) is 0 Å². The third kappa shape index (κ3) is 1.60. The highest BCUT2D eigenvalue weighted by Gasteiger charge is 2.20. The van der Waals surface area contributed by atoms with Gasteiger partial charge in [-0.15, -0.1) is 6.58 Å². The minimum atomic E-state index is 0.808. The second-order valence-corrected chi connectivity index (χ2v) is 2.95. The molecule has 0 spiro atoms. The van der Waals surface area contributed by atoms with Gasteiger partial charge in [-0.1, -0.05) is 13.0 Å². The van der Waals surface area contributed by atoms with E-state index in [1.165, 1.54) is 32.4 Å². The zero-order valence-electron chi connectivity index (χ0n) is 6.84. The maximum absolute atomic E-state index is 3.77. The summed E-state index contributed by atoms with van der Waals surface area (Å²) in [4.78, 5) is 2.54. The Morgan fingerprint density at radius 1 is 1.70 bits per heavy atom. The number of nitrogens with zero attached hydrogens (tertiary/aromatic N) is 1. The molecule has 0 aromatic rings. The molecule has 1 nitrogen and oxygen atoms in total. The topological polar surface area (TPSA) is 3.24 Å². The van der Waals surface area contributed by atoms with Crippen LogP contribution in [-0.2, 0) is 0 Å². The summed E-state index contributed by atoms with van der Waals surface area (Å²) in [6.07, 6.45) is 5.97. The SMILES string of the molecule is C=CCC1CCCN1CC. The lowest BCUT2D eigenvalue weighted by molar-refractivity contribution is 0.269. The minimum absolute atomic E-state index is 0.808. The lowest BCUT2D eigenvalue weighted by Crippen LogP contribution is -2.28. The Kier molecular flexibility index (Phi) is 2.94. The van der Waals surface area contributed by atoms with E-state index in [9.17, 15) is 0 Å². The summed E-state index contributed by atoms with van der Waals surface area (Å²) >= 11 is 0. The van der Waals surface area contributed by atoms with E-state index in [-0.39, 0.29) is 0 Å². The van der Waals surface area contributed by atoms with Crippen LogP contribution in [0.15, 0.2) is 12.7 Å². The van der Waals surface area contributed by atoms with Crippen molar-refractivity contribution in [3.8, 4) is 0 Å². The Bertz CT molecular complexity index is 109. The van der Waals surface area contributed by atoms with E-state index in [4.69, 9.17) is 0 Å². The molecule has 1 rings (SSSR count). The quantitative estimate of drug-likeness (QED) is 0.541. The fraction of sp³-hybridized carbons (Fsp3) is 0.778. The van der Waals surface area contributed by atoms with Gasteiger partial charge in [0.1, 0.15) is 0 Å². The van der Waals surface area contributed by atoms with E-state index < -0.39 is 0 Å². The first-order valence-electron chi connectivity index (χ1n) is 4.23. The predicted molar refractivity (Wildman–Crippen MR) is 45.1 cm³/mol. The van der Waals surface area contributed by atoms with Crippen LogP contribution in [-0.4, -0.2) is 24.0 Å². The molecular weight excluding hydrogens is 122 g/mol. The maximum atomic E-state index is 3.77. The van der Waals surface area contributed by atoms with Gasteiger partial charge in [-0.3, -0.25) is 0 Å². The number of hydrogen-bond donors (Lipinski definition) is 0. The maximum Gasteiger partial charge on any atom is 0.0130 e. The second kappa shape index (κ2) is 3.77. The number of rotatable bonds is 3. The molecule has 0 saturated carbocycles. The first-order chi connectivity index (χ1) is 4.88. The molecule has 10 heavy (non-hydrogen) atoms. The average molecular weight is 139 g/mol. The lowest BCUT2D eigenvalue weighted by atomic mass is 10.1. The third-order valence-electron chi connectivity index (χ3n) is 2.34. The largest absolute Gasteiger partial charge is 0.300 e. The molecule has 1 aliphatic heterocycles. The fourth-order valence-electron chi connectivity index (χ4n) is 1.77. The van der Waals surface area contributed by atoms with E-state index in [1.807, 2.05) is 6.08 Å². The normalized spacial score (nSPS) is 27.1. The Morgan fingerprint density at radius 2 is 2.50 bits per heavy atom. The van der Waals surface area contributed by atoms with E-state index in [0.29, 0.717) is 0 Å². The van der Waals surface area contributed by atoms with E-state index in [1.54, 1.807) is 0 Å². The van der Waals surface area contributed by atoms with Crippen molar-refractivity contribution in [2.24, 2.45) is 0 Å². The summed E-state index contributed by atoms with van der Waals surface area (Å²) in [6, 6.07) is 0.808. The summed E-state index contributed by atoms with van der Waals surface area (Å²) in [5.41, 5.74) is 0. The van der Waals surface area contributed by atoms with Crippen molar-refractivity contribution in [2.75, 3.05) is 13.1 Å². The van der Waals surface area contributed by atoms with Crippen LogP contribution in [0.1, 0.15) is 26.2 Å². The Hall–Kier alpha value is -0.300. The fourth-order valence-corrected chi connectivity index (χ4v) is 1.77. The molecule has 0 aliphatic carbocycles. The van der Waals surface area contributed by atoms with Crippen LogP contribution in [0.5, 0.6) is 0 Å². The van der Waals surface area contributed by atoms with E-state index >= 15 is 0 Å². The smallest absolute Gasteiger partial charge is 0.0130 e. The van der Waals surface area contributed by atoms with Crippen LogP contribution < -0.4 is 0 Å². The molecule has 0 N–H and O–H groups in total. The molecule has 0 bridgehead atoms. The average Bonchev–Trinajstić information content (AvgIpc) is 2.36. The van der Waals surface area contributed by atoms with Crippen LogP contribution in [0.3, 0.4) is 0 Å². The summed E-state index contributed by atoms with van der Waals surface area (Å²) in [6.45, 7) is 8.51. The molecule has 1 aliphatic rings. The van der Waals surface area contributed by atoms with Gasteiger partial charge in [-0.05, 0) is 32.4 Å². The third-order valence-corrected chi connectivity index (χ3v) is 2.34. The molecule has 0 aromatic carbocycles. The van der Waals surface area contributed by atoms with Crippen LogP contribution in [0, 0.1) is 0 Å². The summed E-state index contributed by atoms with van der Waals surface area (Å²) < 4.78 is 0. The van der Waals surface area contributed by atoms with Gasteiger partial charge in [-0.2, -0.15) is 0 Å². The molecular formula is C9H17N. The van der Waals surface area contributed by atoms with Gasteiger partial charge in [-0.25, -0.2) is 0 Å². The highest BCUT2D eigenvalue weighted by atomic mass is 15.2. The molecule has 1 atom stereocenters. The predicted octanol–water partition coefficient (Wildman–Crippen LogP) is 2.05. The van der Waals surface area contributed by atoms with Crippen molar-refractivity contribution in [1.29, 1.82) is 0 Å². The molecule has 0 aromatic heterocycles. The van der Waals surface area contributed by atoms with Gasteiger partial charge < -0.3 is 4.90 Å². The van der Waals surface area contributed by atoms with Crippen molar-refractivity contribution >= 4 is 0 Å². The molecule has 0 radical (unpaired) electrons. The van der Waals surface area contributed by atoms with Gasteiger partial charge >= 0.3 is 0 Å². The lowest BCUT2D eigenvalue weighted by Gasteiger charge is -2.20. The molecule has 1 fully saturated rings. The van der Waals surface area contributed by atoms with Gasteiger partial charge in [0, 0.05) is 6.04 Å². The second-order valence-electron chi connectivity index (χ2n) is 2.95. The highest BCUT2D eigenvalue weighted by molar-refractivity contribution is 4.84. The molecule has 1 heterocycles. The first-order valence-corrected chi connectivity index (χ1v) is 4.23. The Labute approximate surface area is 63.7 Å². The Morgan fingerprint density at radius 3 is 3.10 bits per heavy atom. The highest BCUT2D eigenvalue weighted by Crippen LogP contribution is 2.19. The van der Waals surface area contributed by atoms with E-state index in [2.05, 4.69) is 18.4 Å². The van der Waals surface area contributed by atoms with Gasteiger partial charge in [0.15, 0.2) is 0 Å². The minimum Gasteiger partial charge on any atom is -0.300 e. The van der Waals surface area contributed by atoms with Crippen LogP contribution in [0.25, 0.3) is 0 Å². The van der Waals surface area contributed by atoms with Gasteiger partial charge in [0.2, 0.25) is 0 Å². The van der Waals surface area contributed by atoms with Crippen molar-refractivity contribution in [3.05, 3.63) is 12.7 Å². The zero-order chi connectivity index (χ0) is 7.40. The monoisotopic (exact) mass is 139 g/mol. The molecule has 1 heteroatoms. The van der Waals surface area contributed by atoms with Crippen molar-refractivity contribution < 1.29 is 0 Å². The standard InChI is InChI=1S/C9H17N/c1-3-6-9-7-5-8-10(9)4-2/h3,9H,1,4-8H2,2H3. The number of hydrogen-bond acceptors (Lipinski definition) is 1. The summed E-state index contributed by atoms with van der Waals surface area (Å²) in [7, 11) is 0. The molecule has 1 saturated heterocycles. The zero-order valence-corrected chi connectivity index (χ0v) is 6.84. The van der Waals surface area contributed by atoms with Crippen molar-refractivity contribution in [2.45, 2.75) is 32.2 Å². The van der Waals surface area contributed by atoms with Gasteiger partial charge in [0.25, 0.3) is 0 Å². The number of likely N-dealkylation sites (tertiary alicyclic amines) is 1. The van der Waals surface area contributed by atoms with Crippen molar-refractivity contribution in [3.63, 3.8) is 0 Å².